The van der Waals surface area contributed by atoms with E-state index in [1.807, 2.05) is 0 Å². The Labute approximate surface area is 118 Å². The Morgan fingerprint density at radius 1 is 1.37 bits per heavy atom. The Kier molecular flexibility index (Phi) is 6.27. The summed E-state index contributed by atoms with van der Waals surface area (Å²) in [6, 6.07) is 7.01. The molecule has 0 radical (unpaired) electrons. The van der Waals surface area contributed by atoms with Gasteiger partial charge in [0, 0.05) is 18.0 Å². The zero-order valence-electron chi connectivity index (χ0n) is 10.6. The quantitative estimate of drug-likeness (QED) is 0.778. The van der Waals surface area contributed by atoms with Crippen molar-refractivity contribution in [3.05, 3.63) is 34.9 Å². The third-order valence-corrected chi connectivity index (χ3v) is 4.24. The number of carbonyl (C=O) groups is 1. The molecule has 1 N–H and O–H groups in total. The fraction of sp³-hybridized carbons (Fsp3) is 0.417. The lowest BCUT2D eigenvalue weighted by atomic mass is 10.2. The van der Waals surface area contributed by atoms with Gasteiger partial charge in [0.05, 0.1) is 12.9 Å². The highest BCUT2D eigenvalue weighted by Crippen LogP contribution is 2.14. The lowest BCUT2D eigenvalue weighted by molar-refractivity contribution is -0.140. The molecule has 0 spiro atoms. The van der Waals surface area contributed by atoms with E-state index in [0.29, 0.717) is 10.6 Å². The van der Waals surface area contributed by atoms with Gasteiger partial charge in [-0.3, -0.25) is 4.79 Å². The molecule has 0 saturated heterocycles. The van der Waals surface area contributed by atoms with E-state index < -0.39 is 16.0 Å². The summed E-state index contributed by atoms with van der Waals surface area (Å²) in [4.78, 5) is 10.9. The van der Waals surface area contributed by atoms with Crippen molar-refractivity contribution in [3.8, 4) is 0 Å². The van der Waals surface area contributed by atoms with E-state index >= 15 is 0 Å². The highest BCUT2D eigenvalue weighted by Gasteiger charge is 2.12. The van der Waals surface area contributed by atoms with Crippen molar-refractivity contribution in [1.29, 1.82) is 0 Å². The second-order valence-electron chi connectivity index (χ2n) is 3.91. The second kappa shape index (κ2) is 7.47. The first-order valence-electron chi connectivity index (χ1n) is 5.72. The summed E-state index contributed by atoms with van der Waals surface area (Å²) in [5.74, 6) is -0.534. The SMILES string of the molecule is COC(=O)CCCS(=O)(=O)NCc1ccccc1Cl. The summed E-state index contributed by atoms with van der Waals surface area (Å²) in [5, 5.41) is 0.514. The zero-order chi connectivity index (χ0) is 14.3. The van der Waals surface area contributed by atoms with Gasteiger partial charge in [0.2, 0.25) is 10.0 Å². The Hall–Kier alpha value is -1.11. The van der Waals surface area contributed by atoms with Crippen LogP contribution in [0.15, 0.2) is 24.3 Å². The van der Waals surface area contributed by atoms with Gasteiger partial charge in [0.25, 0.3) is 0 Å². The minimum absolute atomic E-state index is 0.0868. The van der Waals surface area contributed by atoms with Crippen LogP contribution in [0, 0.1) is 0 Å². The number of hydrogen-bond acceptors (Lipinski definition) is 4. The minimum atomic E-state index is -3.42. The molecule has 0 aliphatic rings. The van der Waals surface area contributed by atoms with E-state index in [1.54, 1.807) is 24.3 Å². The number of sulfonamides is 1. The number of halogens is 1. The first-order valence-corrected chi connectivity index (χ1v) is 7.75. The molecule has 19 heavy (non-hydrogen) atoms. The van der Waals surface area contributed by atoms with Crippen LogP contribution in [0.3, 0.4) is 0 Å². The second-order valence-corrected chi connectivity index (χ2v) is 6.24. The van der Waals surface area contributed by atoms with Crippen molar-refractivity contribution >= 4 is 27.6 Å². The molecule has 0 aliphatic heterocycles. The van der Waals surface area contributed by atoms with E-state index in [-0.39, 0.29) is 25.1 Å². The molecule has 0 fully saturated rings. The summed E-state index contributed by atoms with van der Waals surface area (Å²) in [6.07, 6.45) is 0.314. The van der Waals surface area contributed by atoms with Gasteiger partial charge in [-0.05, 0) is 18.1 Å². The van der Waals surface area contributed by atoms with Crippen LogP contribution in [0.4, 0.5) is 0 Å². The van der Waals surface area contributed by atoms with Crippen LogP contribution in [0.2, 0.25) is 5.02 Å². The molecule has 0 heterocycles. The molecular formula is C12H16ClNO4S. The molecule has 0 amide bonds. The molecular weight excluding hydrogens is 290 g/mol. The van der Waals surface area contributed by atoms with Crippen LogP contribution >= 0.6 is 11.6 Å². The number of benzene rings is 1. The van der Waals surface area contributed by atoms with Crippen molar-refractivity contribution < 1.29 is 17.9 Å². The summed E-state index contributed by atoms with van der Waals surface area (Å²) in [7, 11) is -2.15. The average Bonchev–Trinajstić information content (AvgIpc) is 2.37. The normalized spacial score (nSPS) is 11.3. The lowest BCUT2D eigenvalue weighted by Gasteiger charge is -2.07. The fourth-order valence-corrected chi connectivity index (χ4v) is 2.66. The monoisotopic (exact) mass is 305 g/mol. The molecule has 106 valence electrons. The number of rotatable bonds is 7. The number of esters is 1. The van der Waals surface area contributed by atoms with Gasteiger partial charge < -0.3 is 4.74 Å². The maximum Gasteiger partial charge on any atom is 0.305 e. The van der Waals surface area contributed by atoms with E-state index in [0.717, 1.165) is 0 Å². The molecule has 1 aromatic rings. The lowest BCUT2D eigenvalue weighted by Crippen LogP contribution is -2.26. The Morgan fingerprint density at radius 2 is 2.05 bits per heavy atom. The van der Waals surface area contributed by atoms with Crippen LogP contribution in [-0.2, 0) is 26.1 Å². The van der Waals surface area contributed by atoms with Gasteiger partial charge in [0.1, 0.15) is 0 Å². The molecule has 0 unspecified atom stereocenters. The smallest absolute Gasteiger partial charge is 0.305 e. The Morgan fingerprint density at radius 3 is 2.68 bits per heavy atom. The van der Waals surface area contributed by atoms with Crippen LogP contribution in [-0.4, -0.2) is 27.2 Å². The molecule has 0 bridgehead atoms. The van der Waals surface area contributed by atoms with Crippen LogP contribution in [0.5, 0.6) is 0 Å². The predicted molar refractivity (Wildman–Crippen MR) is 73.3 cm³/mol. The third-order valence-electron chi connectivity index (χ3n) is 2.46. The maximum atomic E-state index is 11.7. The topological polar surface area (TPSA) is 72.5 Å². The van der Waals surface area contributed by atoms with Crippen LogP contribution in [0.25, 0.3) is 0 Å². The van der Waals surface area contributed by atoms with Gasteiger partial charge >= 0.3 is 5.97 Å². The summed E-state index contributed by atoms with van der Waals surface area (Å²) in [6.45, 7) is 0.139. The van der Waals surface area contributed by atoms with Gasteiger partial charge in [-0.2, -0.15) is 0 Å². The number of methoxy groups -OCH3 is 1. The van der Waals surface area contributed by atoms with Crippen molar-refractivity contribution in [1.82, 2.24) is 4.72 Å². The molecule has 0 aliphatic carbocycles. The van der Waals surface area contributed by atoms with Crippen LogP contribution in [0.1, 0.15) is 18.4 Å². The van der Waals surface area contributed by atoms with Crippen molar-refractivity contribution in [2.45, 2.75) is 19.4 Å². The van der Waals surface area contributed by atoms with E-state index in [1.165, 1.54) is 7.11 Å². The standard InChI is InChI=1S/C12H16ClNO4S/c1-18-12(15)7-4-8-19(16,17)14-9-10-5-2-3-6-11(10)13/h2-3,5-6,14H,4,7-9H2,1H3. The summed E-state index contributed by atoms with van der Waals surface area (Å²) < 4.78 is 30.2. The predicted octanol–water partition coefficient (Wildman–Crippen LogP) is 1.71. The number of carbonyl (C=O) groups excluding carboxylic acids is 1. The highest BCUT2D eigenvalue weighted by molar-refractivity contribution is 7.89. The van der Waals surface area contributed by atoms with Gasteiger partial charge in [-0.15, -0.1) is 0 Å². The molecule has 7 heteroatoms. The first-order chi connectivity index (χ1) is 8.94. The molecule has 5 nitrogen and oxygen atoms in total. The zero-order valence-corrected chi connectivity index (χ0v) is 12.1. The fourth-order valence-electron chi connectivity index (χ4n) is 1.41. The van der Waals surface area contributed by atoms with E-state index in [4.69, 9.17) is 11.6 Å². The molecule has 0 aromatic heterocycles. The Bertz CT molecular complexity index is 530. The Balaban J connectivity index is 2.43. The molecule has 0 atom stereocenters. The summed E-state index contributed by atoms with van der Waals surface area (Å²) in [5.41, 5.74) is 0.709. The molecule has 1 rings (SSSR count). The van der Waals surface area contributed by atoms with Gasteiger partial charge in [-0.25, -0.2) is 13.1 Å². The number of hydrogen-bond donors (Lipinski definition) is 1. The van der Waals surface area contributed by atoms with Crippen molar-refractivity contribution in [2.24, 2.45) is 0 Å². The third kappa shape index (κ3) is 6.04. The van der Waals surface area contributed by atoms with E-state index in [9.17, 15) is 13.2 Å². The number of ether oxygens (including phenoxy) is 1. The van der Waals surface area contributed by atoms with Gasteiger partial charge in [-0.1, -0.05) is 29.8 Å². The van der Waals surface area contributed by atoms with Crippen molar-refractivity contribution in [3.63, 3.8) is 0 Å². The van der Waals surface area contributed by atoms with Crippen LogP contribution < -0.4 is 4.72 Å². The highest BCUT2D eigenvalue weighted by atomic mass is 35.5. The molecule has 0 saturated carbocycles. The van der Waals surface area contributed by atoms with Gasteiger partial charge in [0.15, 0.2) is 0 Å². The number of nitrogens with one attached hydrogen (secondary N) is 1. The largest absolute Gasteiger partial charge is 0.469 e. The first kappa shape index (κ1) is 15.9. The molecule has 1 aromatic carbocycles. The maximum absolute atomic E-state index is 11.7. The van der Waals surface area contributed by atoms with Crippen molar-refractivity contribution in [2.75, 3.05) is 12.9 Å². The summed E-state index contributed by atoms with van der Waals surface area (Å²) >= 11 is 5.92. The van der Waals surface area contributed by atoms with E-state index in [2.05, 4.69) is 9.46 Å². The average molecular weight is 306 g/mol. The minimum Gasteiger partial charge on any atom is -0.469 e.